The van der Waals surface area contributed by atoms with Gasteiger partial charge in [0, 0.05) is 12.1 Å². The molecule has 2 aliphatic carbocycles. The Bertz CT molecular complexity index is 983. The van der Waals surface area contributed by atoms with Crippen LogP contribution in [0.25, 0.3) is 11.3 Å². The van der Waals surface area contributed by atoms with Gasteiger partial charge < -0.3 is 15.2 Å². The first-order chi connectivity index (χ1) is 15.6. The Labute approximate surface area is 190 Å². The van der Waals surface area contributed by atoms with Gasteiger partial charge in [-0.1, -0.05) is 25.0 Å². The third-order valence-corrected chi connectivity index (χ3v) is 6.45. The van der Waals surface area contributed by atoms with Crippen LogP contribution in [0.1, 0.15) is 61.5 Å². The SMILES string of the molecule is CC(O)(CNC(=O)c1cnc(OCC2CCCC2)c(-c2ccc(C(F)(F)F)cc2)n1)C1CC1. The number of aliphatic hydroxyl groups is 1. The second kappa shape index (κ2) is 9.29. The zero-order valence-electron chi connectivity index (χ0n) is 18.5. The Kier molecular flexibility index (Phi) is 6.61. The van der Waals surface area contributed by atoms with Crippen molar-refractivity contribution in [2.45, 2.75) is 57.2 Å². The van der Waals surface area contributed by atoms with Crippen molar-refractivity contribution in [3.05, 3.63) is 41.7 Å². The van der Waals surface area contributed by atoms with Crippen LogP contribution < -0.4 is 10.1 Å². The molecule has 1 atom stereocenters. The highest BCUT2D eigenvalue weighted by Gasteiger charge is 2.40. The van der Waals surface area contributed by atoms with E-state index in [1.54, 1.807) is 6.92 Å². The number of aromatic nitrogens is 2. The van der Waals surface area contributed by atoms with Crippen molar-refractivity contribution in [3.8, 4) is 17.1 Å². The quantitative estimate of drug-likeness (QED) is 0.597. The number of halogens is 3. The Morgan fingerprint density at radius 1 is 1.15 bits per heavy atom. The van der Waals surface area contributed by atoms with Crippen LogP contribution in [0.15, 0.2) is 30.5 Å². The molecular weight excluding hydrogens is 435 g/mol. The molecule has 1 aromatic heterocycles. The van der Waals surface area contributed by atoms with Gasteiger partial charge in [-0.3, -0.25) is 4.79 Å². The minimum atomic E-state index is -4.45. The third kappa shape index (κ3) is 5.82. The smallest absolute Gasteiger partial charge is 0.416 e. The number of hydrogen-bond acceptors (Lipinski definition) is 5. The maximum Gasteiger partial charge on any atom is 0.416 e. The summed E-state index contributed by atoms with van der Waals surface area (Å²) in [5, 5.41) is 13.1. The number of alkyl halides is 3. The first-order valence-corrected chi connectivity index (χ1v) is 11.3. The second-order valence-corrected chi connectivity index (χ2v) is 9.26. The molecule has 0 bridgehead atoms. The number of ether oxygens (including phenoxy) is 1. The molecular formula is C24H28F3N3O3. The molecule has 2 aliphatic rings. The lowest BCUT2D eigenvalue weighted by molar-refractivity contribution is -0.137. The molecule has 178 valence electrons. The van der Waals surface area contributed by atoms with E-state index in [4.69, 9.17) is 4.74 Å². The van der Waals surface area contributed by atoms with Gasteiger partial charge in [0.05, 0.1) is 24.0 Å². The molecule has 0 saturated heterocycles. The lowest BCUT2D eigenvalue weighted by Crippen LogP contribution is -2.42. The van der Waals surface area contributed by atoms with E-state index in [2.05, 4.69) is 15.3 Å². The largest absolute Gasteiger partial charge is 0.476 e. The number of amides is 1. The molecule has 2 fully saturated rings. The summed E-state index contributed by atoms with van der Waals surface area (Å²) >= 11 is 0. The van der Waals surface area contributed by atoms with Gasteiger partial charge in [-0.05, 0) is 56.6 Å². The van der Waals surface area contributed by atoms with Gasteiger partial charge in [0.25, 0.3) is 5.91 Å². The fraction of sp³-hybridized carbons (Fsp3) is 0.542. The minimum absolute atomic E-state index is 0.00436. The lowest BCUT2D eigenvalue weighted by atomic mass is 10.0. The first kappa shape index (κ1) is 23.5. The molecule has 9 heteroatoms. The van der Waals surface area contributed by atoms with Gasteiger partial charge in [0.2, 0.25) is 5.88 Å². The minimum Gasteiger partial charge on any atom is -0.476 e. The highest BCUT2D eigenvalue weighted by Crippen LogP contribution is 2.39. The third-order valence-electron chi connectivity index (χ3n) is 6.45. The van der Waals surface area contributed by atoms with Crippen molar-refractivity contribution >= 4 is 5.91 Å². The summed E-state index contributed by atoms with van der Waals surface area (Å²) in [6.45, 7) is 2.20. The number of benzene rings is 1. The van der Waals surface area contributed by atoms with Crippen molar-refractivity contribution in [2.24, 2.45) is 11.8 Å². The number of rotatable bonds is 8. The predicted molar refractivity (Wildman–Crippen MR) is 116 cm³/mol. The van der Waals surface area contributed by atoms with Crippen molar-refractivity contribution in [1.82, 2.24) is 15.3 Å². The second-order valence-electron chi connectivity index (χ2n) is 9.26. The van der Waals surface area contributed by atoms with E-state index in [9.17, 15) is 23.1 Å². The van der Waals surface area contributed by atoms with Gasteiger partial charge in [-0.15, -0.1) is 0 Å². The van der Waals surface area contributed by atoms with E-state index in [0.717, 1.165) is 50.7 Å². The number of carbonyl (C=O) groups excluding carboxylic acids is 1. The molecule has 0 spiro atoms. The van der Waals surface area contributed by atoms with Crippen molar-refractivity contribution < 1.29 is 27.8 Å². The molecule has 0 radical (unpaired) electrons. The Morgan fingerprint density at radius 2 is 1.82 bits per heavy atom. The van der Waals surface area contributed by atoms with E-state index < -0.39 is 23.2 Å². The van der Waals surface area contributed by atoms with Gasteiger partial charge in [0.1, 0.15) is 11.4 Å². The maximum atomic E-state index is 13.0. The average Bonchev–Trinajstić information content (AvgIpc) is 3.53. The highest BCUT2D eigenvalue weighted by molar-refractivity contribution is 5.92. The number of carbonyl (C=O) groups is 1. The first-order valence-electron chi connectivity index (χ1n) is 11.3. The Hall–Kier alpha value is -2.68. The summed E-state index contributed by atoms with van der Waals surface area (Å²) in [6.07, 6.45) is 3.10. The normalized spacial score (nSPS) is 18.7. The van der Waals surface area contributed by atoms with E-state index in [0.29, 0.717) is 18.1 Å². The van der Waals surface area contributed by atoms with Crippen molar-refractivity contribution in [3.63, 3.8) is 0 Å². The zero-order chi connectivity index (χ0) is 23.6. The van der Waals surface area contributed by atoms with Crippen molar-refractivity contribution in [2.75, 3.05) is 13.2 Å². The molecule has 1 unspecified atom stereocenters. The molecule has 0 aliphatic heterocycles. The molecule has 6 nitrogen and oxygen atoms in total. The molecule has 4 rings (SSSR count). The monoisotopic (exact) mass is 463 g/mol. The van der Waals surface area contributed by atoms with Crippen LogP contribution in [0, 0.1) is 11.8 Å². The topological polar surface area (TPSA) is 84.3 Å². The van der Waals surface area contributed by atoms with Gasteiger partial charge in [-0.25, -0.2) is 9.97 Å². The molecule has 33 heavy (non-hydrogen) atoms. The molecule has 1 heterocycles. The van der Waals surface area contributed by atoms with Crippen LogP contribution in [0.2, 0.25) is 0 Å². The summed E-state index contributed by atoms with van der Waals surface area (Å²) in [4.78, 5) is 21.3. The van der Waals surface area contributed by atoms with Crippen LogP contribution in [0.4, 0.5) is 13.2 Å². The molecule has 2 saturated carbocycles. The summed E-state index contributed by atoms with van der Waals surface area (Å²) < 4.78 is 44.8. The van der Waals surface area contributed by atoms with Crippen LogP contribution in [0.5, 0.6) is 5.88 Å². The molecule has 1 aromatic carbocycles. The lowest BCUT2D eigenvalue weighted by Gasteiger charge is -2.23. The van der Waals surface area contributed by atoms with E-state index in [1.165, 1.54) is 18.3 Å². The van der Waals surface area contributed by atoms with Gasteiger partial charge in [-0.2, -0.15) is 13.2 Å². The Morgan fingerprint density at radius 3 is 2.42 bits per heavy atom. The number of nitrogens with one attached hydrogen (secondary N) is 1. The summed E-state index contributed by atoms with van der Waals surface area (Å²) in [7, 11) is 0. The van der Waals surface area contributed by atoms with E-state index in [-0.39, 0.29) is 29.7 Å². The van der Waals surface area contributed by atoms with Crippen LogP contribution in [0.3, 0.4) is 0 Å². The van der Waals surface area contributed by atoms with Crippen LogP contribution in [-0.2, 0) is 6.18 Å². The maximum absolute atomic E-state index is 13.0. The molecule has 1 amide bonds. The molecule has 2 aromatic rings. The zero-order valence-corrected chi connectivity index (χ0v) is 18.5. The fourth-order valence-electron chi connectivity index (χ4n) is 4.17. The fourth-order valence-corrected chi connectivity index (χ4v) is 4.17. The van der Waals surface area contributed by atoms with Crippen LogP contribution in [-0.4, -0.2) is 39.7 Å². The molecule has 2 N–H and O–H groups in total. The standard InChI is InChI=1S/C24H28F3N3O3/c1-23(32,17-10-11-17)14-29-21(31)19-12-28-22(33-13-15-4-2-3-5-15)20(30-19)16-6-8-18(9-7-16)24(25,26)27/h6-9,12,15,17,32H,2-5,10-11,13-14H2,1H3,(H,29,31). The predicted octanol–water partition coefficient (Wildman–Crippen LogP) is 4.62. The number of hydrogen-bond donors (Lipinski definition) is 2. The number of nitrogens with zero attached hydrogens (tertiary/aromatic N) is 2. The van der Waals surface area contributed by atoms with Gasteiger partial charge >= 0.3 is 6.18 Å². The average molecular weight is 464 g/mol. The van der Waals surface area contributed by atoms with Crippen LogP contribution >= 0.6 is 0 Å². The highest BCUT2D eigenvalue weighted by atomic mass is 19.4. The summed E-state index contributed by atoms with van der Waals surface area (Å²) in [6, 6.07) is 4.54. The summed E-state index contributed by atoms with van der Waals surface area (Å²) in [5.41, 5.74) is -1.18. The van der Waals surface area contributed by atoms with E-state index in [1.807, 2.05) is 0 Å². The Balaban J connectivity index is 1.56. The van der Waals surface area contributed by atoms with E-state index >= 15 is 0 Å². The van der Waals surface area contributed by atoms with Gasteiger partial charge in [0.15, 0.2) is 0 Å². The van der Waals surface area contributed by atoms with Crippen molar-refractivity contribution in [1.29, 1.82) is 0 Å². The summed E-state index contributed by atoms with van der Waals surface area (Å²) in [5.74, 6) is 0.236.